The quantitative estimate of drug-likeness (QED) is 0.0262. The summed E-state index contributed by atoms with van der Waals surface area (Å²) in [7, 11) is 0. The number of carbonyl (C=O) groups excluding carboxylic acids is 3. The molecule has 0 aliphatic heterocycles. The molecule has 0 amide bonds. The zero-order chi connectivity index (χ0) is 48.6. The fourth-order valence-corrected chi connectivity index (χ4v) is 6.70. The van der Waals surface area contributed by atoms with Gasteiger partial charge >= 0.3 is 17.9 Å². The standard InChI is InChI=1S/C61H96O6/c1-4-7-10-13-16-19-22-25-26-27-28-29-30-31-32-33-34-37-39-42-45-48-51-54-60(63)66-57-58(67-61(64)55-52-49-46-43-40-36-24-21-18-15-12-9-6-3)56-65-59(62)53-50-47-44-41-38-35-23-20-17-14-11-8-5-2/h7,9-12,14,16,18-21,23,25-26,28-29,31-32,36,40,46,49,58H,4-6,8,13,15,17,22,24,27,30,33-35,37-39,41-45,47-48,50-57H2,1-3H3/b10-7-,12-9-,14-11-,19-16-,21-18-,23-20-,26-25-,29-28-,32-31-,40-36-,49-46-. The third kappa shape index (κ3) is 52.4. The SMILES string of the molecule is CC/C=C\C/C=C\C/C=C\C/C=C\C/C=C\CCCCCCCCCC(=O)OCC(COC(=O)CCCCCCC/C=C\C/C=C\CCC)OC(=O)CC/C=C\C/C=C\C/C=C\C/C=C\CC. The van der Waals surface area contributed by atoms with Crippen LogP contribution in [0.3, 0.4) is 0 Å². The van der Waals surface area contributed by atoms with Crippen molar-refractivity contribution in [2.75, 3.05) is 13.2 Å². The molecule has 376 valence electrons. The Morgan fingerprint density at radius 3 is 0.970 bits per heavy atom. The molecule has 0 heterocycles. The Kier molecular flexibility index (Phi) is 50.6. The summed E-state index contributed by atoms with van der Waals surface area (Å²) in [5.74, 6) is -1.04. The van der Waals surface area contributed by atoms with E-state index >= 15 is 0 Å². The normalized spacial score (nSPS) is 13.2. The highest BCUT2D eigenvalue weighted by Crippen LogP contribution is 2.13. The summed E-state index contributed by atoms with van der Waals surface area (Å²) >= 11 is 0. The summed E-state index contributed by atoms with van der Waals surface area (Å²) in [6.07, 6.45) is 76.0. The number of allylic oxidation sites excluding steroid dienone is 22. The summed E-state index contributed by atoms with van der Waals surface area (Å²) < 4.78 is 16.7. The maximum absolute atomic E-state index is 12.8. The molecule has 0 saturated carbocycles. The van der Waals surface area contributed by atoms with E-state index in [0.29, 0.717) is 19.3 Å². The lowest BCUT2D eigenvalue weighted by Gasteiger charge is -2.18. The lowest BCUT2D eigenvalue weighted by atomic mass is 10.1. The number of esters is 3. The Hall–Kier alpha value is -4.45. The molecule has 6 heteroatoms. The zero-order valence-corrected chi connectivity index (χ0v) is 42.9. The second-order valence-electron chi connectivity index (χ2n) is 17.0. The van der Waals surface area contributed by atoms with Crippen molar-refractivity contribution >= 4 is 17.9 Å². The van der Waals surface area contributed by atoms with Crippen molar-refractivity contribution in [1.29, 1.82) is 0 Å². The predicted molar refractivity (Wildman–Crippen MR) is 288 cm³/mol. The monoisotopic (exact) mass is 925 g/mol. The summed E-state index contributed by atoms with van der Waals surface area (Å²) in [5.41, 5.74) is 0. The van der Waals surface area contributed by atoms with Gasteiger partial charge in [0.15, 0.2) is 6.10 Å². The van der Waals surface area contributed by atoms with Crippen LogP contribution in [0.1, 0.15) is 213 Å². The molecule has 0 aromatic carbocycles. The van der Waals surface area contributed by atoms with Gasteiger partial charge in [-0.3, -0.25) is 14.4 Å². The lowest BCUT2D eigenvalue weighted by Crippen LogP contribution is -2.30. The largest absolute Gasteiger partial charge is 0.462 e. The first-order chi connectivity index (χ1) is 33.0. The van der Waals surface area contributed by atoms with Gasteiger partial charge in [-0.2, -0.15) is 0 Å². The fourth-order valence-electron chi connectivity index (χ4n) is 6.70. The van der Waals surface area contributed by atoms with Gasteiger partial charge in [0.2, 0.25) is 0 Å². The van der Waals surface area contributed by atoms with Gasteiger partial charge in [-0.25, -0.2) is 0 Å². The second kappa shape index (κ2) is 54.2. The number of unbranched alkanes of at least 4 members (excludes halogenated alkanes) is 13. The van der Waals surface area contributed by atoms with Gasteiger partial charge in [0.05, 0.1) is 0 Å². The molecular formula is C61H96O6. The van der Waals surface area contributed by atoms with E-state index in [2.05, 4.69) is 142 Å². The van der Waals surface area contributed by atoms with E-state index in [4.69, 9.17) is 14.2 Å². The number of hydrogen-bond donors (Lipinski definition) is 0. The minimum Gasteiger partial charge on any atom is -0.462 e. The zero-order valence-electron chi connectivity index (χ0n) is 42.9. The molecule has 0 fully saturated rings. The smallest absolute Gasteiger partial charge is 0.306 e. The molecule has 0 spiro atoms. The van der Waals surface area contributed by atoms with Crippen molar-refractivity contribution in [2.45, 2.75) is 219 Å². The molecule has 6 nitrogen and oxygen atoms in total. The van der Waals surface area contributed by atoms with Crippen LogP contribution in [0.4, 0.5) is 0 Å². The lowest BCUT2D eigenvalue weighted by molar-refractivity contribution is -0.166. The summed E-state index contributed by atoms with van der Waals surface area (Å²) in [4.78, 5) is 38.0. The van der Waals surface area contributed by atoms with Crippen molar-refractivity contribution in [1.82, 2.24) is 0 Å². The van der Waals surface area contributed by atoms with E-state index in [9.17, 15) is 14.4 Å². The van der Waals surface area contributed by atoms with Crippen LogP contribution in [0.15, 0.2) is 134 Å². The number of rotatable bonds is 46. The highest BCUT2D eigenvalue weighted by molar-refractivity contribution is 5.71. The van der Waals surface area contributed by atoms with Crippen LogP contribution in [-0.2, 0) is 28.6 Å². The van der Waals surface area contributed by atoms with E-state index in [-0.39, 0.29) is 31.6 Å². The minimum atomic E-state index is -0.831. The van der Waals surface area contributed by atoms with Crippen LogP contribution in [0.2, 0.25) is 0 Å². The Balaban J connectivity index is 4.45. The minimum absolute atomic E-state index is 0.122. The van der Waals surface area contributed by atoms with Crippen LogP contribution in [0.25, 0.3) is 0 Å². The van der Waals surface area contributed by atoms with Crippen molar-refractivity contribution in [2.24, 2.45) is 0 Å². The maximum atomic E-state index is 12.8. The first-order valence-electron chi connectivity index (χ1n) is 26.7. The Bertz CT molecular complexity index is 1480. The van der Waals surface area contributed by atoms with Crippen molar-refractivity contribution in [3.8, 4) is 0 Å². The highest BCUT2D eigenvalue weighted by Gasteiger charge is 2.19. The Labute approximate surface area is 411 Å². The molecule has 67 heavy (non-hydrogen) atoms. The van der Waals surface area contributed by atoms with Gasteiger partial charge in [0, 0.05) is 19.3 Å². The van der Waals surface area contributed by atoms with Crippen LogP contribution >= 0.6 is 0 Å². The van der Waals surface area contributed by atoms with Gasteiger partial charge in [-0.15, -0.1) is 0 Å². The summed E-state index contributed by atoms with van der Waals surface area (Å²) in [5, 5.41) is 0. The van der Waals surface area contributed by atoms with Crippen LogP contribution in [0.5, 0.6) is 0 Å². The molecule has 0 aliphatic rings. The molecule has 0 saturated heterocycles. The average Bonchev–Trinajstić information content (AvgIpc) is 3.33. The Morgan fingerprint density at radius 2 is 0.612 bits per heavy atom. The molecule has 0 bridgehead atoms. The predicted octanol–water partition coefficient (Wildman–Crippen LogP) is 17.9. The molecule has 0 aromatic rings. The van der Waals surface area contributed by atoms with Crippen LogP contribution < -0.4 is 0 Å². The summed E-state index contributed by atoms with van der Waals surface area (Å²) in [6.45, 7) is 6.24. The van der Waals surface area contributed by atoms with Crippen LogP contribution in [-0.4, -0.2) is 37.2 Å². The molecule has 0 aliphatic carbocycles. The molecule has 0 N–H and O–H groups in total. The number of hydrogen-bond acceptors (Lipinski definition) is 6. The first-order valence-corrected chi connectivity index (χ1v) is 26.7. The Morgan fingerprint density at radius 1 is 0.313 bits per heavy atom. The van der Waals surface area contributed by atoms with E-state index in [1.807, 2.05) is 12.2 Å². The molecule has 0 radical (unpaired) electrons. The van der Waals surface area contributed by atoms with Crippen molar-refractivity contribution < 1.29 is 28.6 Å². The van der Waals surface area contributed by atoms with Gasteiger partial charge in [0.1, 0.15) is 13.2 Å². The molecule has 0 aromatic heterocycles. The third-order valence-electron chi connectivity index (χ3n) is 10.6. The van der Waals surface area contributed by atoms with Crippen molar-refractivity contribution in [3.05, 3.63) is 134 Å². The second-order valence-corrected chi connectivity index (χ2v) is 17.0. The topological polar surface area (TPSA) is 78.9 Å². The van der Waals surface area contributed by atoms with Crippen LogP contribution in [0, 0.1) is 0 Å². The van der Waals surface area contributed by atoms with Gasteiger partial charge in [-0.05, 0) is 116 Å². The third-order valence-corrected chi connectivity index (χ3v) is 10.6. The van der Waals surface area contributed by atoms with E-state index in [1.54, 1.807) is 0 Å². The highest BCUT2D eigenvalue weighted by atomic mass is 16.6. The maximum Gasteiger partial charge on any atom is 0.306 e. The molecule has 1 atom stereocenters. The summed E-state index contributed by atoms with van der Waals surface area (Å²) in [6, 6.07) is 0. The molecule has 1 unspecified atom stereocenters. The molecular weight excluding hydrogens is 829 g/mol. The first kappa shape index (κ1) is 62.5. The van der Waals surface area contributed by atoms with E-state index in [0.717, 1.165) is 135 Å². The fraction of sp³-hybridized carbons (Fsp3) is 0.590. The van der Waals surface area contributed by atoms with Gasteiger partial charge in [-0.1, -0.05) is 212 Å². The van der Waals surface area contributed by atoms with Gasteiger partial charge in [0.25, 0.3) is 0 Å². The van der Waals surface area contributed by atoms with E-state index < -0.39 is 12.1 Å². The molecule has 0 rings (SSSR count). The van der Waals surface area contributed by atoms with E-state index in [1.165, 1.54) is 32.1 Å². The average molecular weight is 925 g/mol. The van der Waals surface area contributed by atoms with Gasteiger partial charge < -0.3 is 14.2 Å². The number of ether oxygens (including phenoxy) is 3. The number of carbonyl (C=O) groups is 3. The van der Waals surface area contributed by atoms with Crippen molar-refractivity contribution in [3.63, 3.8) is 0 Å².